The van der Waals surface area contributed by atoms with Crippen LogP contribution in [-0.2, 0) is 30.5 Å². The number of ether oxygens (including phenoxy) is 1. The van der Waals surface area contributed by atoms with Crippen LogP contribution >= 0.6 is 0 Å². The highest BCUT2D eigenvalue weighted by Gasteiger charge is 2.48. The average molecular weight is 531 g/mol. The molecular formula is C20H23F6N3O7. The first-order valence-electron chi connectivity index (χ1n) is 10.5. The van der Waals surface area contributed by atoms with Crippen LogP contribution < -0.4 is 0 Å². The van der Waals surface area contributed by atoms with Gasteiger partial charge < -0.3 is 14.9 Å². The lowest BCUT2D eigenvalue weighted by molar-refractivity contribution is -0.193. The summed E-state index contributed by atoms with van der Waals surface area (Å²) in [5, 5.41) is 15.8. The van der Waals surface area contributed by atoms with Crippen molar-refractivity contribution in [3.63, 3.8) is 0 Å². The zero-order valence-electron chi connectivity index (χ0n) is 18.5. The quantitative estimate of drug-likeness (QED) is 0.563. The summed E-state index contributed by atoms with van der Waals surface area (Å²) in [5.74, 6) is -5.19. The second-order valence-electron chi connectivity index (χ2n) is 7.89. The molecule has 1 aromatic heterocycles. The van der Waals surface area contributed by atoms with E-state index in [-0.39, 0.29) is 23.8 Å². The lowest BCUT2D eigenvalue weighted by Crippen LogP contribution is -2.38. The van der Waals surface area contributed by atoms with Gasteiger partial charge in [0, 0.05) is 31.7 Å². The predicted molar refractivity (Wildman–Crippen MR) is 106 cm³/mol. The number of aliphatic carboxylic acids is 2. The number of hydroxylamine groups is 2. The van der Waals surface area contributed by atoms with Crippen LogP contribution in [0.4, 0.5) is 26.3 Å². The minimum Gasteiger partial charge on any atom is -0.475 e. The Hall–Kier alpha value is -2.98. The maximum Gasteiger partial charge on any atom is 0.490 e. The van der Waals surface area contributed by atoms with E-state index in [1.165, 1.54) is 5.06 Å². The van der Waals surface area contributed by atoms with Gasteiger partial charge in [0.1, 0.15) is 0 Å². The van der Waals surface area contributed by atoms with E-state index >= 15 is 0 Å². The Balaban J connectivity index is 0.000000271. The summed E-state index contributed by atoms with van der Waals surface area (Å²) < 4.78 is 69.3. The van der Waals surface area contributed by atoms with Crippen molar-refractivity contribution >= 4 is 17.8 Å². The van der Waals surface area contributed by atoms with Crippen molar-refractivity contribution in [2.75, 3.05) is 32.8 Å². The average Bonchev–Trinajstić information content (AvgIpc) is 3.51. The van der Waals surface area contributed by atoms with Crippen LogP contribution in [0.15, 0.2) is 24.4 Å². The van der Waals surface area contributed by atoms with Gasteiger partial charge in [-0.05, 0) is 18.6 Å². The molecule has 3 aliphatic heterocycles. The second-order valence-corrected chi connectivity index (χ2v) is 7.89. The fraction of sp³-hybridized carbons (Fsp3) is 0.600. The van der Waals surface area contributed by atoms with Crippen LogP contribution in [0.2, 0.25) is 0 Å². The molecule has 4 rings (SSSR count). The van der Waals surface area contributed by atoms with E-state index < -0.39 is 24.3 Å². The van der Waals surface area contributed by atoms with Crippen LogP contribution in [0.5, 0.6) is 0 Å². The molecule has 202 valence electrons. The van der Waals surface area contributed by atoms with Crippen LogP contribution in [0, 0.1) is 11.8 Å². The molecular weight excluding hydrogens is 508 g/mol. The Bertz CT molecular complexity index is 870. The molecule has 4 heterocycles. The Morgan fingerprint density at radius 2 is 1.64 bits per heavy atom. The molecule has 3 atom stereocenters. The lowest BCUT2D eigenvalue weighted by atomic mass is 9.92. The molecule has 36 heavy (non-hydrogen) atoms. The van der Waals surface area contributed by atoms with Crippen molar-refractivity contribution < 1.29 is 60.5 Å². The van der Waals surface area contributed by atoms with Crippen molar-refractivity contribution in [2.24, 2.45) is 11.8 Å². The number of halogens is 6. The molecule has 0 aliphatic carbocycles. The van der Waals surface area contributed by atoms with Crippen LogP contribution in [0.3, 0.4) is 0 Å². The molecule has 1 aromatic rings. The topological polar surface area (TPSA) is 129 Å². The number of rotatable bonds is 3. The number of amides is 1. The summed E-state index contributed by atoms with van der Waals surface area (Å²) in [4.78, 5) is 42.5. The van der Waals surface area contributed by atoms with E-state index in [9.17, 15) is 31.1 Å². The Morgan fingerprint density at radius 1 is 1.03 bits per heavy atom. The van der Waals surface area contributed by atoms with Crippen LogP contribution in [0.1, 0.15) is 12.1 Å². The number of alkyl halides is 6. The van der Waals surface area contributed by atoms with Gasteiger partial charge in [-0.15, -0.1) is 0 Å². The van der Waals surface area contributed by atoms with E-state index in [1.54, 1.807) is 0 Å². The first-order chi connectivity index (χ1) is 16.7. The van der Waals surface area contributed by atoms with E-state index in [0.717, 1.165) is 31.7 Å². The molecule has 0 radical (unpaired) electrons. The third-order valence-electron chi connectivity index (χ3n) is 5.30. The number of nitrogens with zero attached hydrogens (tertiary/aromatic N) is 3. The van der Waals surface area contributed by atoms with E-state index in [4.69, 9.17) is 29.4 Å². The van der Waals surface area contributed by atoms with Gasteiger partial charge in [0.05, 0.1) is 37.5 Å². The molecule has 0 bridgehead atoms. The molecule has 10 nitrogen and oxygen atoms in total. The Kier molecular flexibility index (Phi) is 10.0. The molecule has 0 spiro atoms. The molecule has 0 unspecified atom stereocenters. The normalized spacial score (nSPS) is 23.7. The number of aromatic nitrogens is 1. The number of carboxylic acid groups (broad SMARTS) is 2. The number of likely N-dealkylation sites (tertiary alicyclic amines) is 1. The second kappa shape index (κ2) is 12.3. The molecule has 3 fully saturated rings. The van der Waals surface area contributed by atoms with Gasteiger partial charge in [0.2, 0.25) is 0 Å². The highest BCUT2D eigenvalue weighted by Crippen LogP contribution is 2.35. The summed E-state index contributed by atoms with van der Waals surface area (Å²) in [6.07, 6.45) is -7.25. The number of hydrogen-bond acceptors (Lipinski definition) is 7. The summed E-state index contributed by atoms with van der Waals surface area (Å²) in [5.41, 5.74) is 1.06. The number of pyridine rings is 1. The van der Waals surface area contributed by atoms with Crippen LogP contribution in [0.25, 0.3) is 0 Å². The standard InChI is InChI=1S/C16H21N3O3.2C2HF3O2/c20-16(19-6-3-7-22-19)14-11-21-15-10-18(9-13(14)15)8-12-4-1-2-5-17-12;2*3-2(4,5)1(6)7/h1-2,4-5,13-15H,3,6-11H2;2*(H,6,7)/t13-,14+,15-;;/m1../s1. The number of carboxylic acids is 2. The Morgan fingerprint density at radius 3 is 2.11 bits per heavy atom. The molecule has 1 amide bonds. The predicted octanol–water partition coefficient (Wildman–Crippen LogP) is 1.96. The monoisotopic (exact) mass is 531 g/mol. The first-order valence-corrected chi connectivity index (χ1v) is 10.5. The third kappa shape index (κ3) is 8.60. The van der Waals surface area contributed by atoms with Crippen molar-refractivity contribution in [3.05, 3.63) is 30.1 Å². The van der Waals surface area contributed by atoms with Gasteiger partial charge >= 0.3 is 24.3 Å². The molecule has 0 saturated carbocycles. The van der Waals surface area contributed by atoms with Gasteiger partial charge in [-0.1, -0.05) is 6.07 Å². The van der Waals surface area contributed by atoms with Crippen molar-refractivity contribution in [1.82, 2.24) is 14.9 Å². The molecule has 2 N–H and O–H groups in total. The number of carbonyl (C=O) groups excluding carboxylic acids is 1. The van der Waals surface area contributed by atoms with E-state index in [2.05, 4.69) is 9.88 Å². The zero-order valence-corrected chi connectivity index (χ0v) is 18.5. The maximum absolute atomic E-state index is 12.5. The fourth-order valence-corrected chi connectivity index (χ4v) is 3.70. The van der Waals surface area contributed by atoms with E-state index in [0.29, 0.717) is 19.8 Å². The number of hydrogen-bond donors (Lipinski definition) is 2. The van der Waals surface area contributed by atoms with Crippen molar-refractivity contribution in [1.29, 1.82) is 0 Å². The smallest absolute Gasteiger partial charge is 0.475 e. The fourth-order valence-electron chi connectivity index (χ4n) is 3.70. The summed E-state index contributed by atoms with van der Waals surface area (Å²) in [6.45, 7) is 4.49. The third-order valence-corrected chi connectivity index (χ3v) is 5.30. The molecule has 16 heteroatoms. The number of carbonyl (C=O) groups is 3. The largest absolute Gasteiger partial charge is 0.490 e. The maximum atomic E-state index is 12.5. The molecule has 3 saturated heterocycles. The highest BCUT2D eigenvalue weighted by molar-refractivity contribution is 5.79. The minimum atomic E-state index is -5.08. The first kappa shape index (κ1) is 29.3. The van der Waals surface area contributed by atoms with Gasteiger partial charge in [0.25, 0.3) is 5.91 Å². The van der Waals surface area contributed by atoms with E-state index in [1.807, 2.05) is 24.4 Å². The van der Waals surface area contributed by atoms with Crippen molar-refractivity contribution in [2.45, 2.75) is 31.4 Å². The lowest BCUT2D eigenvalue weighted by Gasteiger charge is -2.22. The van der Waals surface area contributed by atoms with Gasteiger partial charge in [-0.2, -0.15) is 26.3 Å². The van der Waals surface area contributed by atoms with Crippen molar-refractivity contribution in [3.8, 4) is 0 Å². The van der Waals surface area contributed by atoms with Gasteiger partial charge in [-0.3, -0.25) is 19.5 Å². The SMILES string of the molecule is O=C(O)C(F)(F)F.O=C(O)C(F)(F)F.O=C([C@H]1CO[C@@H]2CN(Cc3ccccn3)C[C@H]12)N1CCCO1. The Labute approximate surface area is 200 Å². The highest BCUT2D eigenvalue weighted by atomic mass is 19.4. The zero-order chi connectivity index (χ0) is 27.1. The molecule has 0 aromatic carbocycles. The minimum absolute atomic E-state index is 0.0585. The van der Waals surface area contributed by atoms with Gasteiger partial charge in [0.15, 0.2) is 0 Å². The summed E-state index contributed by atoms with van der Waals surface area (Å²) >= 11 is 0. The summed E-state index contributed by atoms with van der Waals surface area (Å²) in [7, 11) is 0. The van der Waals surface area contributed by atoms with Gasteiger partial charge in [-0.25, -0.2) is 14.7 Å². The van der Waals surface area contributed by atoms with Crippen LogP contribution in [-0.4, -0.2) is 94.3 Å². The number of fused-ring (bicyclic) bond motifs is 1. The molecule has 3 aliphatic rings. The summed E-state index contributed by atoms with van der Waals surface area (Å²) in [6, 6.07) is 5.97.